The van der Waals surface area contributed by atoms with Gasteiger partial charge >= 0.3 is 70.3 Å². The fourth-order valence-electron chi connectivity index (χ4n) is 5.67. The van der Waals surface area contributed by atoms with Crippen molar-refractivity contribution in [2.45, 2.75) is 37.9 Å². The van der Waals surface area contributed by atoms with E-state index in [0.29, 0.717) is 29.5 Å². The number of likely N-dealkylation sites (N-methyl/N-ethyl adjacent to an activating group) is 2. The van der Waals surface area contributed by atoms with Crippen molar-refractivity contribution in [1.29, 1.82) is 0 Å². The quantitative estimate of drug-likeness (QED) is 0.133. The van der Waals surface area contributed by atoms with Gasteiger partial charge in [0.25, 0.3) is 11.8 Å². The van der Waals surface area contributed by atoms with E-state index in [-0.39, 0.29) is 87.1 Å². The first-order valence-corrected chi connectivity index (χ1v) is 18.3. The molecule has 18 heteroatoms. The molecule has 12 nitrogen and oxygen atoms in total. The Morgan fingerprint density at radius 2 is 1.22 bits per heavy atom. The Labute approximate surface area is 393 Å². The molecule has 60 heavy (non-hydrogen) atoms. The normalized spacial score (nSPS) is 17.9. The Morgan fingerprint density at radius 1 is 0.750 bits per heavy atom. The van der Waals surface area contributed by atoms with Gasteiger partial charge in [0.2, 0.25) is 11.2 Å². The van der Waals surface area contributed by atoms with Crippen LogP contribution in [0.3, 0.4) is 0 Å². The molecule has 2 atom stereocenters. The molecular formula is C42H40BClF3KN4O8. The first kappa shape index (κ1) is 49.8. The van der Waals surface area contributed by atoms with Crippen LogP contribution in [0.15, 0.2) is 72.8 Å². The van der Waals surface area contributed by atoms with Crippen LogP contribution in [-0.4, -0.2) is 113 Å². The summed E-state index contributed by atoms with van der Waals surface area (Å²) in [6, 6.07) is 18.8. The van der Waals surface area contributed by atoms with Gasteiger partial charge in [0.15, 0.2) is 11.4 Å². The summed E-state index contributed by atoms with van der Waals surface area (Å²) in [6.07, 6.45) is 0.440. The second-order valence-corrected chi connectivity index (χ2v) is 14.0. The number of aromatic nitrogens is 2. The summed E-state index contributed by atoms with van der Waals surface area (Å²) in [7, 11) is 5.81. The summed E-state index contributed by atoms with van der Waals surface area (Å²) in [5, 5.41) is 20.7. The largest absolute Gasteiger partial charge is 1.00 e. The second kappa shape index (κ2) is 21.3. The Kier molecular flexibility index (Phi) is 17.7. The maximum atomic E-state index is 12.6. The van der Waals surface area contributed by atoms with Gasteiger partial charge in [-0.3, -0.25) is 9.59 Å². The Morgan fingerprint density at radius 3 is 1.68 bits per heavy atom. The number of rotatable bonds is 4. The number of methoxy groups -OCH3 is 2. The molecule has 2 saturated heterocycles. The van der Waals surface area contributed by atoms with E-state index in [4.69, 9.17) is 16.3 Å². The minimum atomic E-state index is -5.09. The van der Waals surface area contributed by atoms with E-state index < -0.39 is 41.5 Å². The van der Waals surface area contributed by atoms with Crippen molar-refractivity contribution in [2.75, 3.05) is 41.4 Å². The number of carbonyl (C=O) groups excluding carboxylic acids is 4. The summed E-state index contributed by atoms with van der Waals surface area (Å²) < 4.78 is 47.1. The van der Waals surface area contributed by atoms with Crippen molar-refractivity contribution in [3.63, 3.8) is 0 Å². The van der Waals surface area contributed by atoms with Crippen LogP contribution >= 0.6 is 11.6 Å². The van der Waals surface area contributed by atoms with Gasteiger partial charge in [0, 0.05) is 56.7 Å². The van der Waals surface area contributed by atoms with Crippen LogP contribution in [0.1, 0.15) is 56.1 Å². The van der Waals surface area contributed by atoms with Gasteiger partial charge < -0.3 is 42.4 Å². The monoisotopic (exact) mass is 870 g/mol. The smallest absolute Gasteiger partial charge is 0.464 e. The van der Waals surface area contributed by atoms with Gasteiger partial charge in [-0.05, 0) is 55.3 Å². The van der Waals surface area contributed by atoms with E-state index in [2.05, 4.69) is 38.4 Å². The SMILES string of the molecule is CN1CC[C@@](O)(C#Cc2cccc([B-](F)(F)F)c2)C1=O.COC(=O)c1nc(-c2cccc(C#C[C@]3(O)CCN(C)C3=O)c2)ccc1C.COC(=O)c1nc(Cl)ccc1C.[K+]. The standard InChI is InChI=1S/C21H20N2O4.C13H12BF3NO2.C8H8ClNO2.K/c1-14-7-8-17(22-18(14)19(24)27-3)16-6-4-5-15(13-16)9-10-21(26)11-12-23(2)20(21)25;1-18-8-7-13(20,12(18)19)6-5-10-3-2-4-11(9-10)14(15,16)17;1-5-3-4-6(9)10-7(5)8(11)12-2;/h4-8,13,26H,11-12H2,1-3H3;2-4,9,20H,7-8H2,1H3;3-4H,1-2H3;/q;-1;;+1/t21-;13-;;/m00../s1. The van der Waals surface area contributed by atoms with Crippen molar-refractivity contribution in [3.05, 3.63) is 112 Å². The average Bonchev–Trinajstić information content (AvgIpc) is 3.64. The van der Waals surface area contributed by atoms with Crippen LogP contribution in [0.4, 0.5) is 12.9 Å². The molecule has 0 aliphatic carbocycles. The fourth-order valence-corrected chi connectivity index (χ4v) is 5.82. The Balaban J connectivity index is 0.000000256. The van der Waals surface area contributed by atoms with Crippen LogP contribution in [-0.2, 0) is 19.1 Å². The van der Waals surface area contributed by atoms with Crippen molar-refractivity contribution in [2.24, 2.45) is 0 Å². The van der Waals surface area contributed by atoms with E-state index in [1.54, 1.807) is 45.2 Å². The van der Waals surface area contributed by atoms with Gasteiger partial charge in [0.05, 0.1) is 19.9 Å². The number of carbonyl (C=O) groups is 4. The van der Waals surface area contributed by atoms with Crippen molar-refractivity contribution >= 4 is 47.8 Å². The third-order valence-corrected chi connectivity index (χ3v) is 9.40. The molecule has 308 valence electrons. The van der Waals surface area contributed by atoms with Gasteiger partial charge in [-0.1, -0.05) is 77.7 Å². The molecule has 2 aromatic heterocycles. The number of hydrogen-bond donors (Lipinski definition) is 2. The predicted octanol–water partition coefficient (Wildman–Crippen LogP) is 1.31. The zero-order chi connectivity index (χ0) is 43.7. The molecule has 2 aliphatic heterocycles. The molecule has 2 aliphatic rings. The minimum Gasteiger partial charge on any atom is -0.464 e. The fraction of sp³-hybridized carbons (Fsp3) is 0.286. The number of nitrogens with zero attached hydrogens (tertiary/aromatic N) is 4. The van der Waals surface area contributed by atoms with E-state index in [0.717, 1.165) is 28.8 Å². The van der Waals surface area contributed by atoms with Gasteiger partial charge in [0.1, 0.15) is 5.15 Å². The van der Waals surface area contributed by atoms with Crippen molar-refractivity contribution in [3.8, 4) is 34.9 Å². The molecule has 6 rings (SSSR count). The zero-order valence-corrected chi connectivity index (χ0v) is 37.9. The number of aryl methyl sites for hydroxylation is 2. The number of pyridine rings is 2. The molecule has 0 saturated carbocycles. The number of halogens is 4. The summed E-state index contributed by atoms with van der Waals surface area (Å²) >= 11 is 5.60. The van der Waals surface area contributed by atoms with Gasteiger partial charge in [-0.15, -0.1) is 5.46 Å². The Hall–Kier alpha value is -4.56. The molecule has 0 radical (unpaired) electrons. The minimum absolute atomic E-state index is 0. The molecular weight excluding hydrogens is 831 g/mol. The first-order chi connectivity index (χ1) is 27.7. The first-order valence-electron chi connectivity index (χ1n) is 17.9. The molecule has 0 unspecified atom stereocenters. The Bertz CT molecular complexity index is 2400. The van der Waals surface area contributed by atoms with E-state index in [1.807, 2.05) is 24.3 Å². The molecule has 4 heterocycles. The maximum absolute atomic E-state index is 12.6. The average molecular weight is 871 g/mol. The predicted molar refractivity (Wildman–Crippen MR) is 214 cm³/mol. The van der Waals surface area contributed by atoms with Crippen LogP contribution < -0.4 is 56.8 Å². The third-order valence-electron chi connectivity index (χ3n) is 9.19. The van der Waals surface area contributed by atoms with Gasteiger partial charge in [-0.2, -0.15) is 0 Å². The van der Waals surface area contributed by atoms with E-state index in [9.17, 15) is 42.3 Å². The van der Waals surface area contributed by atoms with Crippen LogP contribution in [0, 0.1) is 37.5 Å². The number of hydrogen-bond acceptors (Lipinski definition) is 10. The molecule has 4 aromatic rings. The number of benzene rings is 2. The second-order valence-electron chi connectivity index (χ2n) is 13.6. The number of aliphatic hydroxyl groups is 2. The van der Waals surface area contributed by atoms with Crippen molar-refractivity contribution < 1.29 is 103 Å². The topological polar surface area (TPSA) is 159 Å². The van der Waals surface area contributed by atoms with Gasteiger partial charge in [-0.25, -0.2) is 19.6 Å². The maximum Gasteiger partial charge on any atom is 1.00 e. The molecule has 2 N–H and O–H groups in total. The summed E-state index contributed by atoms with van der Waals surface area (Å²) in [6.45, 7) is -0.672. The molecule has 2 amide bonds. The number of amides is 2. The zero-order valence-electron chi connectivity index (χ0n) is 34.0. The molecule has 2 aromatic carbocycles. The van der Waals surface area contributed by atoms with Crippen LogP contribution in [0.25, 0.3) is 11.3 Å². The van der Waals surface area contributed by atoms with Crippen LogP contribution in [0.2, 0.25) is 5.15 Å². The van der Waals surface area contributed by atoms with E-state index in [1.165, 1.54) is 43.2 Å². The number of ether oxygens (including phenoxy) is 2. The molecule has 0 bridgehead atoms. The third kappa shape index (κ3) is 12.7. The summed E-state index contributed by atoms with van der Waals surface area (Å²) in [4.78, 5) is 57.6. The molecule has 2 fully saturated rings. The van der Waals surface area contributed by atoms with Crippen LogP contribution in [0.5, 0.6) is 0 Å². The number of likely N-dealkylation sites (tertiary alicyclic amines) is 2. The summed E-state index contributed by atoms with van der Waals surface area (Å²) in [5.41, 5.74) is -0.0153. The van der Waals surface area contributed by atoms with E-state index >= 15 is 0 Å². The summed E-state index contributed by atoms with van der Waals surface area (Å²) in [5.74, 6) is 8.56. The van der Waals surface area contributed by atoms with Crippen molar-refractivity contribution in [1.82, 2.24) is 19.8 Å². The molecule has 0 spiro atoms. The number of esters is 2.